The second-order valence-electron chi connectivity index (χ2n) is 3.44. The average molecular weight is 253 g/mol. The Kier molecular flexibility index (Phi) is 3.53. The molecule has 0 aromatic carbocycles. The summed E-state index contributed by atoms with van der Waals surface area (Å²) >= 11 is 5.84. The third-order valence-electron chi connectivity index (χ3n) is 2.23. The van der Waals surface area contributed by atoms with Crippen LogP contribution in [-0.4, -0.2) is 31.6 Å². The molecule has 90 valence electrons. The zero-order chi connectivity index (χ0) is 12.3. The van der Waals surface area contributed by atoms with E-state index in [0.29, 0.717) is 11.9 Å². The molecule has 0 bridgehead atoms. The molecular formula is C10H13ClN6. The minimum absolute atomic E-state index is 0.162. The van der Waals surface area contributed by atoms with E-state index in [4.69, 9.17) is 11.6 Å². The normalized spacial score (nSPS) is 10.5. The monoisotopic (exact) mass is 252 g/mol. The van der Waals surface area contributed by atoms with Crippen LogP contribution in [0.3, 0.4) is 0 Å². The number of hydrogen-bond donors (Lipinski definition) is 1. The lowest BCUT2D eigenvalue weighted by atomic mass is 10.3. The summed E-state index contributed by atoms with van der Waals surface area (Å²) < 4.78 is 1.82. The van der Waals surface area contributed by atoms with Crippen molar-refractivity contribution in [2.75, 3.05) is 12.4 Å². The predicted molar refractivity (Wildman–Crippen MR) is 65.5 cm³/mol. The Labute approximate surface area is 104 Å². The highest BCUT2D eigenvalue weighted by Gasteiger charge is 2.09. The van der Waals surface area contributed by atoms with Gasteiger partial charge in [0.1, 0.15) is 5.82 Å². The Bertz CT molecular complexity index is 509. The van der Waals surface area contributed by atoms with Crippen molar-refractivity contribution >= 4 is 17.5 Å². The molecule has 0 radical (unpaired) electrons. The summed E-state index contributed by atoms with van der Waals surface area (Å²) in [5.74, 6) is 1.84. The molecule has 17 heavy (non-hydrogen) atoms. The summed E-state index contributed by atoms with van der Waals surface area (Å²) in [5, 5.41) is 3.00. The van der Waals surface area contributed by atoms with Crippen LogP contribution in [0.2, 0.25) is 5.28 Å². The van der Waals surface area contributed by atoms with Crippen LogP contribution in [-0.2, 0) is 6.42 Å². The molecule has 0 saturated heterocycles. The van der Waals surface area contributed by atoms with Crippen LogP contribution >= 0.6 is 11.6 Å². The van der Waals surface area contributed by atoms with Gasteiger partial charge in [-0.15, -0.1) is 0 Å². The van der Waals surface area contributed by atoms with Crippen molar-refractivity contribution in [3.05, 3.63) is 23.5 Å². The van der Waals surface area contributed by atoms with Gasteiger partial charge >= 0.3 is 0 Å². The molecule has 0 saturated carbocycles. The fourth-order valence-electron chi connectivity index (χ4n) is 1.48. The van der Waals surface area contributed by atoms with Crippen LogP contribution < -0.4 is 5.32 Å². The van der Waals surface area contributed by atoms with Crippen molar-refractivity contribution in [3.8, 4) is 5.95 Å². The lowest BCUT2D eigenvalue weighted by Gasteiger charge is -2.06. The Balaban J connectivity index is 2.44. The van der Waals surface area contributed by atoms with Gasteiger partial charge in [0.25, 0.3) is 0 Å². The molecule has 1 N–H and O–H groups in total. The van der Waals surface area contributed by atoms with Gasteiger partial charge < -0.3 is 5.32 Å². The summed E-state index contributed by atoms with van der Waals surface area (Å²) in [7, 11) is 1.73. The van der Waals surface area contributed by atoms with Crippen LogP contribution in [0.4, 0.5) is 5.95 Å². The van der Waals surface area contributed by atoms with Crippen LogP contribution in [0.15, 0.2) is 12.4 Å². The van der Waals surface area contributed by atoms with E-state index in [1.807, 2.05) is 10.8 Å². The van der Waals surface area contributed by atoms with E-state index in [9.17, 15) is 0 Å². The summed E-state index contributed by atoms with van der Waals surface area (Å²) in [5.41, 5.74) is 0. The molecule has 0 amide bonds. The lowest BCUT2D eigenvalue weighted by molar-refractivity contribution is 0.777. The quantitative estimate of drug-likeness (QED) is 0.897. The van der Waals surface area contributed by atoms with Crippen molar-refractivity contribution in [2.45, 2.75) is 19.8 Å². The number of rotatable bonds is 4. The molecular weight excluding hydrogens is 240 g/mol. The van der Waals surface area contributed by atoms with Crippen molar-refractivity contribution in [1.82, 2.24) is 24.5 Å². The van der Waals surface area contributed by atoms with E-state index in [1.54, 1.807) is 13.2 Å². The fourth-order valence-corrected chi connectivity index (χ4v) is 1.64. The minimum atomic E-state index is 0.162. The molecule has 6 nitrogen and oxygen atoms in total. The Morgan fingerprint density at radius 1 is 1.35 bits per heavy atom. The highest BCUT2D eigenvalue weighted by atomic mass is 35.5. The van der Waals surface area contributed by atoms with Crippen molar-refractivity contribution < 1.29 is 0 Å². The summed E-state index contributed by atoms with van der Waals surface area (Å²) in [6.45, 7) is 2.10. The third-order valence-corrected chi connectivity index (χ3v) is 2.40. The molecule has 0 atom stereocenters. The van der Waals surface area contributed by atoms with Gasteiger partial charge in [-0.2, -0.15) is 15.0 Å². The summed E-state index contributed by atoms with van der Waals surface area (Å²) in [6, 6.07) is 0. The number of aryl methyl sites for hydroxylation is 1. The summed E-state index contributed by atoms with van der Waals surface area (Å²) in [4.78, 5) is 16.5. The molecule has 0 aliphatic heterocycles. The third kappa shape index (κ3) is 2.52. The van der Waals surface area contributed by atoms with Gasteiger partial charge in [0.2, 0.25) is 17.2 Å². The fraction of sp³-hybridized carbons (Fsp3) is 0.400. The Hall–Kier alpha value is -1.69. The molecule has 0 fully saturated rings. The Morgan fingerprint density at radius 2 is 2.18 bits per heavy atom. The van der Waals surface area contributed by atoms with Crippen LogP contribution in [0.1, 0.15) is 19.2 Å². The zero-order valence-electron chi connectivity index (χ0n) is 9.68. The molecule has 2 aromatic heterocycles. The van der Waals surface area contributed by atoms with Crippen molar-refractivity contribution in [3.63, 3.8) is 0 Å². The number of aromatic nitrogens is 5. The molecule has 0 spiro atoms. The molecule has 7 heteroatoms. The average Bonchev–Trinajstić information content (AvgIpc) is 2.77. The standard InChI is InChI=1S/C10H13ClN6/c1-3-4-7-13-5-6-17(7)10-15-8(11)14-9(12-2)16-10/h5-6H,3-4H2,1-2H3,(H,12,14,15,16). The maximum absolute atomic E-state index is 5.84. The number of nitrogens with zero attached hydrogens (tertiary/aromatic N) is 5. The van der Waals surface area contributed by atoms with E-state index in [0.717, 1.165) is 18.7 Å². The molecule has 2 aromatic rings. The van der Waals surface area contributed by atoms with Gasteiger partial charge in [0, 0.05) is 25.9 Å². The van der Waals surface area contributed by atoms with Crippen LogP contribution in [0.5, 0.6) is 0 Å². The topological polar surface area (TPSA) is 68.5 Å². The number of imidazole rings is 1. The second kappa shape index (κ2) is 5.09. The van der Waals surface area contributed by atoms with Crippen molar-refractivity contribution in [2.24, 2.45) is 0 Å². The van der Waals surface area contributed by atoms with Gasteiger partial charge in [-0.05, 0) is 18.0 Å². The highest BCUT2D eigenvalue weighted by molar-refractivity contribution is 6.28. The van der Waals surface area contributed by atoms with E-state index in [1.165, 1.54) is 0 Å². The number of hydrogen-bond acceptors (Lipinski definition) is 5. The van der Waals surface area contributed by atoms with Crippen molar-refractivity contribution in [1.29, 1.82) is 0 Å². The van der Waals surface area contributed by atoms with Gasteiger partial charge in [-0.1, -0.05) is 6.92 Å². The lowest BCUT2D eigenvalue weighted by Crippen LogP contribution is -2.08. The number of halogens is 1. The first-order valence-electron chi connectivity index (χ1n) is 5.36. The SMILES string of the molecule is CCCc1nccn1-c1nc(Cl)nc(NC)n1. The smallest absolute Gasteiger partial charge is 0.241 e. The highest BCUT2D eigenvalue weighted by Crippen LogP contribution is 2.12. The first-order chi connectivity index (χ1) is 8.24. The van der Waals surface area contributed by atoms with Gasteiger partial charge in [-0.25, -0.2) is 4.98 Å². The second-order valence-corrected chi connectivity index (χ2v) is 3.78. The Morgan fingerprint density at radius 3 is 2.88 bits per heavy atom. The molecule has 2 rings (SSSR count). The van der Waals surface area contributed by atoms with Crippen LogP contribution in [0.25, 0.3) is 5.95 Å². The first-order valence-corrected chi connectivity index (χ1v) is 5.74. The minimum Gasteiger partial charge on any atom is -0.357 e. The largest absolute Gasteiger partial charge is 0.357 e. The maximum atomic E-state index is 5.84. The number of anilines is 1. The van der Waals surface area contributed by atoms with E-state index < -0.39 is 0 Å². The number of nitrogens with one attached hydrogen (secondary N) is 1. The van der Waals surface area contributed by atoms with Gasteiger partial charge in [-0.3, -0.25) is 4.57 Å². The van der Waals surface area contributed by atoms with E-state index in [2.05, 4.69) is 32.2 Å². The molecule has 0 aliphatic carbocycles. The van der Waals surface area contributed by atoms with Crippen LogP contribution in [0, 0.1) is 0 Å². The van der Waals surface area contributed by atoms with Gasteiger partial charge in [0.15, 0.2) is 0 Å². The predicted octanol–water partition coefficient (Wildman–Crippen LogP) is 1.70. The van der Waals surface area contributed by atoms with E-state index >= 15 is 0 Å². The molecule has 0 unspecified atom stereocenters. The maximum Gasteiger partial charge on any atom is 0.241 e. The van der Waals surface area contributed by atoms with Gasteiger partial charge in [0.05, 0.1) is 0 Å². The summed E-state index contributed by atoms with van der Waals surface area (Å²) in [6.07, 6.45) is 5.41. The zero-order valence-corrected chi connectivity index (χ0v) is 10.4. The molecule has 0 aliphatic rings. The first kappa shape index (κ1) is 11.8. The molecule has 2 heterocycles. The van der Waals surface area contributed by atoms with E-state index in [-0.39, 0.29) is 5.28 Å².